The normalized spacial score (nSPS) is 11.5. The highest BCUT2D eigenvalue weighted by molar-refractivity contribution is 5.94. The second-order valence-corrected chi connectivity index (χ2v) is 4.17. The lowest BCUT2D eigenvalue weighted by Crippen LogP contribution is -2.30. The van der Waals surface area contributed by atoms with Crippen molar-refractivity contribution in [2.24, 2.45) is 5.92 Å². The van der Waals surface area contributed by atoms with Crippen molar-refractivity contribution in [3.05, 3.63) is 39.7 Å². The molecule has 7 heteroatoms. The van der Waals surface area contributed by atoms with Gasteiger partial charge in [0.15, 0.2) is 0 Å². The number of nitro groups is 1. The molecule has 1 rings (SSSR count). The van der Waals surface area contributed by atoms with Crippen molar-refractivity contribution in [2.45, 2.75) is 6.92 Å². The van der Waals surface area contributed by atoms with E-state index in [1.807, 2.05) is 6.07 Å². The van der Waals surface area contributed by atoms with Crippen LogP contribution in [0.15, 0.2) is 18.2 Å². The minimum absolute atomic E-state index is 0.112. The van der Waals surface area contributed by atoms with E-state index in [0.717, 1.165) is 18.2 Å². The van der Waals surface area contributed by atoms with Gasteiger partial charge in [-0.1, -0.05) is 0 Å². The number of nitrogens with zero attached hydrogens (tertiary/aromatic N) is 3. The molecule has 0 aliphatic rings. The highest BCUT2D eigenvalue weighted by Crippen LogP contribution is 2.17. The van der Waals surface area contributed by atoms with E-state index in [0.29, 0.717) is 0 Å². The fraction of sp³-hybridized carbons (Fsp3) is 0.333. The van der Waals surface area contributed by atoms with E-state index in [1.165, 1.54) is 11.9 Å². The number of rotatable bonds is 4. The van der Waals surface area contributed by atoms with E-state index in [9.17, 15) is 19.3 Å². The van der Waals surface area contributed by atoms with Crippen LogP contribution in [0.25, 0.3) is 0 Å². The summed E-state index contributed by atoms with van der Waals surface area (Å²) in [4.78, 5) is 23.0. The second kappa shape index (κ2) is 5.91. The van der Waals surface area contributed by atoms with Gasteiger partial charge in [-0.3, -0.25) is 14.9 Å². The quantitative estimate of drug-likeness (QED) is 0.615. The molecular weight excluding hydrogens is 253 g/mol. The molecule has 19 heavy (non-hydrogen) atoms. The molecule has 0 radical (unpaired) electrons. The number of carbonyl (C=O) groups is 1. The molecule has 0 saturated carbocycles. The lowest BCUT2D eigenvalue weighted by Gasteiger charge is -2.18. The summed E-state index contributed by atoms with van der Waals surface area (Å²) in [5.41, 5.74) is -0.593. The van der Waals surface area contributed by atoms with Crippen LogP contribution in [0, 0.1) is 33.2 Å². The van der Waals surface area contributed by atoms with Crippen LogP contribution in [-0.2, 0) is 0 Å². The Kier molecular flexibility index (Phi) is 4.53. The van der Waals surface area contributed by atoms with Gasteiger partial charge in [-0.25, -0.2) is 4.39 Å². The van der Waals surface area contributed by atoms with Crippen molar-refractivity contribution in [1.29, 1.82) is 5.26 Å². The van der Waals surface area contributed by atoms with Crippen LogP contribution in [0.4, 0.5) is 10.1 Å². The predicted molar refractivity (Wildman–Crippen MR) is 64.8 cm³/mol. The van der Waals surface area contributed by atoms with Gasteiger partial charge in [-0.05, 0) is 13.0 Å². The van der Waals surface area contributed by atoms with Gasteiger partial charge in [0, 0.05) is 25.2 Å². The van der Waals surface area contributed by atoms with E-state index >= 15 is 0 Å². The number of hydrogen-bond donors (Lipinski definition) is 0. The third kappa shape index (κ3) is 3.74. The highest BCUT2D eigenvalue weighted by Gasteiger charge is 2.18. The fourth-order valence-electron chi connectivity index (χ4n) is 1.56. The number of nitro benzene ring substituents is 1. The molecule has 1 atom stereocenters. The molecule has 0 N–H and O–H groups in total. The second-order valence-electron chi connectivity index (χ2n) is 4.17. The van der Waals surface area contributed by atoms with E-state index in [-0.39, 0.29) is 18.0 Å². The van der Waals surface area contributed by atoms with Crippen LogP contribution in [0.3, 0.4) is 0 Å². The lowest BCUT2D eigenvalue weighted by atomic mass is 10.1. The zero-order valence-corrected chi connectivity index (χ0v) is 10.5. The van der Waals surface area contributed by atoms with Crippen molar-refractivity contribution < 1.29 is 14.1 Å². The van der Waals surface area contributed by atoms with E-state index in [1.54, 1.807) is 6.92 Å². The van der Waals surface area contributed by atoms with Gasteiger partial charge in [-0.15, -0.1) is 0 Å². The third-order valence-corrected chi connectivity index (χ3v) is 2.46. The molecule has 0 spiro atoms. The Morgan fingerprint density at radius 1 is 1.58 bits per heavy atom. The van der Waals surface area contributed by atoms with E-state index in [2.05, 4.69) is 0 Å². The first-order chi connectivity index (χ1) is 8.85. The predicted octanol–water partition coefficient (Wildman–Crippen LogP) is 1.97. The monoisotopic (exact) mass is 265 g/mol. The van der Waals surface area contributed by atoms with Gasteiger partial charge >= 0.3 is 0 Å². The molecule has 1 aromatic carbocycles. The molecule has 0 saturated heterocycles. The Labute approximate surface area is 109 Å². The molecule has 1 unspecified atom stereocenters. The molecule has 100 valence electrons. The Bertz CT molecular complexity index is 554. The molecule has 0 aliphatic heterocycles. The highest BCUT2D eigenvalue weighted by atomic mass is 19.1. The van der Waals surface area contributed by atoms with Crippen LogP contribution in [0.1, 0.15) is 17.3 Å². The van der Waals surface area contributed by atoms with Gasteiger partial charge in [0.25, 0.3) is 11.6 Å². The molecule has 0 heterocycles. The van der Waals surface area contributed by atoms with Crippen molar-refractivity contribution >= 4 is 11.6 Å². The molecule has 0 fully saturated rings. The molecule has 6 nitrogen and oxygen atoms in total. The Hall–Kier alpha value is -2.49. The number of nitriles is 1. The summed E-state index contributed by atoms with van der Waals surface area (Å²) in [7, 11) is 1.45. The standard InChI is InChI=1S/C12H12FN3O3/c1-8(6-14)7-15(2)12(17)9-3-10(13)5-11(4-9)16(18)19/h3-5,8H,7H2,1-2H3. The first kappa shape index (κ1) is 14.6. The summed E-state index contributed by atoms with van der Waals surface area (Å²) in [5.74, 6) is -1.79. The zero-order chi connectivity index (χ0) is 14.6. The summed E-state index contributed by atoms with van der Waals surface area (Å²) in [6, 6.07) is 4.66. The maximum Gasteiger partial charge on any atom is 0.273 e. The smallest absolute Gasteiger partial charge is 0.273 e. The lowest BCUT2D eigenvalue weighted by molar-refractivity contribution is -0.385. The SMILES string of the molecule is CC(C#N)CN(C)C(=O)c1cc(F)cc([N+](=O)[O-])c1. The van der Waals surface area contributed by atoms with Crippen molar-refractivity contribution in [2.75, 3.05) is 13.6 Å². The van der Waals surface area contributed by atoms with Gasteiger partial charge in [0.05, 0.1) is 23.0 Å². The van der Waals surface area contributed by atoms with Gasteiger partial charge in [0.1, 0.15) is 5.82 Å². The minimum Gasteiger partial charge on any atom is -0.340 e. The molecular formula is C12H12FN3O3. The molecule has 1 amide bonds. The first-order valence-electron chi connectivity index (χ1n) is 5.45. The van der Waals surface area contributed by atoms with Crippen LogP contribution in [0.2, 0.25) is 0 Å². The number of carbonyl (C=O) groups excluding carboxylic acids is 1. The number of halogens is 1. The average Bonchev–Trinajstić information content (AvgIpc) is 2.36. The average molecular weight is 265 g/mol. The molecule has 0 bridgehead atoms. The van der Waals surface area contributed by atoms with Crippen LogP contribution in [-0.4, -0.2) is 29.3 Å². The van der Waals surface area contributed by atoms with Crippen molar-refractivity contribution in [1.82, 2.24) is 4.90 Å². The summed E-state index contributed by atoms with van der Waals surface area (Å²) in [6.45, 7) is 1.80. The third-order valence-electron chi connectivity index (χ3n) is 2.46. The largest absolute Gasteiger partial charge is 0.340 e. The fourth-order valence-corrected chi connectivity index (χ4v) is 1.56. The zero-order valence-electron chi connectivity index (χ0n) is 10.5. The van der Waals surface area contributed by atoms with Crippen molar-refractivity contribution in [3.63, 3.8) is 0 Å². The Morgan fingerprint density at radius 2 is 2.21 bits per heavy atom. The first-order valence-corrected chi connectivity index (χ1v) is 5.45. The number of amides is 1. The molecule has 0 aromatic heterocycles. The van der Waals surface area contributed by atoms with Crippen LogP contribution in [0.5, 0.6) is 0 Å². The Balaban J connectivity index is 3.00. The van der Waals surface area contributed by atoms with Crippen LogP contribution < -0.4 is 0 Å². The maximum absolute atomic E-state index is 13.2. The summed E-state index contributed by atoms with van der Waals surface area (Å²) < 4.78 is 13.2. The van der Waals surface area contributed by atoms with Crippen LogP contribution >= 0.6 is 0 Å². The Morgan fingerprint density at radius 3 is 2.74 bits per heavy atom. The number of benzene rings is 1. The maximum atomic E-state index is 13.2. The number of non-ortho nitro benzene ring substituents is 1. The molecule has 0 aliphatic carbocycles. The van der Waals surface area contributed by atoms with Crippen molar-refractivity contribution in [3.8, 4) is 6.07 Å². The number of hydrogen-bond acceptors (Lipinski definition) is 4. The minimum atomic E-state index is -0.848. The van der Waals surface area contributed by atoms with Gasteiger partial charge in [-0.2, -0.15) is 5.26 Å². The molecule has 1 aromatic rings. The summed E-state index contributed by atoms with van der Waals surface area (Å²) in [6.07, 6.45) is 0. The van der Waals surface area contributed by atoms with Gasteiger partial charge in [0.2, 0.25) is 0 Å². The van der Waals surface area contributed by atoms with Gasteiger partial charge < -0.3 is 4.90 Å². The summed E-state index contributed by atoms with van der Waals surface area (Å²) >= 11 is 0. The topological polar surface area (TPSA) is 87.2 Å². The van der Waals surface area contributed by atoms with E-state index < -0.39 is 22.3 Å². The summed E-state index contributed by atoms with van der Waals surface area (Å²) in [5, 5.41) is 19.3. The van der Waals surface area contributed by atoms with E-state index in [4.69, 9.17) is 5.26 Å².